The lowest BCUT2D eigenvalue weighted by atomic mass is 10.2. The first-order valence-corrected chi connectivity index (χ1v) is 10.0. The molecule has 1 N–H and O–H groups in total. The van der Waals surface area contributed by atoms with E-state index in [1.54, 1.807) is 22.7 Å². The van der Waals surface area contributed by atoms with Crippen LogP contribution in [0.3, 0.4) is 0 Å². The van der Waals surface area contributed by atoms with Gasteiger partial charge in [-0.2, -0.15) is 0 Å². The monoisotopic (exact) mass is 392 g/mol. The SMILES string of the molecule is Cc1ccc(NC(=S)N(Cc2cccs2)Cc2cccs2)cc1Cl. The van der Waals surface area contributed by atoms with Crippen LogP contribution in [0.5, 0.6) is 0 Å². The molecule has 0 unspecified atom stereocenters. The molecule has 0 aliphatic rings. The number of benzene rings is 1. The zero-order chi connectivity index (χ0) is 16.9. The lowest BCUT2D eigenvalue weighted by Crippen LogP contribution is -2.33. The Morgan fingerprint density at radius 3 is 2.21 bits per heavy atom. The summed E-state index contributed by atoms with van der Waals surface area (Å²) >= 11 is 15.4. The summed E-state index contributed by atoms with van der Waals surface area (Å²) < 4.78 is 0. The number of thiocarbonyl (C=S) groups is 1. The van der Waals surface area contributed by atoms with Gasteiger partial charge in [-0.1, -0.05) is 29.8 Å². The summed E-state index contributed by atoms with van der Waals surface area (Å²) in [6, 6.07) is 14.3. The van der Waals surface area contributed by atoms with Crippen molar-refractivity contribution in [3.8, 4) is 0 Å². The molecule has 0 amide bonds. The topological polar surface area (TPSA) is 15.3 Å². The molecule has 6 heteroatoms. The first kappa shape index (κ1) is 17.4. The quantitative estimate of drug-likeness (QED) is 0.522. The van der Waals surface area contributed by atoms with E-state index in [9.17, 15) is 0 Å². The minimum atomic E-state index is 0.705. The molecule has 0 fully saturated rings. The highest BCUT2D eigenvalue weighted by Crippen LogP contribution is 2.22. The average Bonchev–Trinajstić information content (AvgIpc) is 3.24. The summed E-state index contributed by atoms with van der Waals surface area (Å²) in [4.78, 5) is 4.76. The summed E-state index contributed by atoms with van der Waals surface area (Å²) in [7, 11) is 0. The lowest BCUT2D eigenvalue weighted by molar-refractivity contribution is 0.420. The van der Waals surface area contributed by atoms with E-state index in [1.165, 1.54) is 9.75 Å². The smallest absolute Gasteiger partial charge is 0.174 e. The fraction of sp³-hybridized carbons (Fsp3) is 0.167. The number of thiophene rings is 2. The molecule has 124 valence electrons. The van der Waals surface area contributed by atoms with Crippen molar-refractivity contribution < 1.29 is 0 Å². The molecular formula is C18H17ClN2S3. The van der Waals surface area contributed by atoms with Gasteiger partial charge in [0.15, 0.2) is 5.11 Å². The molecule has 2 aromatic heterocycles. The minimum Gasteiger partial charge on any atom is -0.339 e. The highest BCUT2D eigenvalue weighted by molar-refractivity contribution is 7.80. The van der Waals surface area contributed by atoms with E-state index < -0.39 is 0 Å². The van der Waals surface area contributed by atoms with Gasteiger partial charge >= 0.3 is 0 Å². The van der Waals surface area contributed by atoms with Crippen molar-refractivity contribution >= 4 is 57.3 Å². The third-order valence-corrected chi connectivity index (χ3v) is 6.05. The molecule has 0 bridgehead atoms. The minimum absolute atomic E-state index is 0.705. The molecule has 3 aromatic rings. The summed E-state index contributed by atoms with van der Waals surface area (Å²) in [6.45, 7) is 3.58. The molecule has 0 aliphatic heterocycles. The number of aryl methyl sites for hydroxylation is 1. The van der Waals surface area contributed by atoms with Crippen LogP contribution < -0.4 is 5.32 Å². The van der Waals surface area contributed by atoms with Crippen LogP contribution in [0.25, 0.3) is 0 Å². The average molecular weight is 393 g/mol. The van der Waals surface area contributed by atoms with Crippen LogP contribution in [-0.2, 0) is 13.1 Å². The van der Waals surface area contributed by atoms with Crippen molar-refractivity contribution in [2.45, 2.75) is 20.0 Å². The Morgan fingerprint density at radius 2 is 1.71 bits per heavy atom. The molecule has 0 radical (unpaired) electrons. The normalized spacial score (nSPS) is 10.6. The molecule has 0 spiro atoms. The third-order valence-electron chi connectivity index (χ3n) is 3.56. The van der Waals surface area contributed by atoms with Crippen LogP contribution in [-0.4, -0.2) is 10.0 Å². The van der Waals surface area contributed by atoms with Gasteiger partial charge in [0, 0.05) is 20.5 Å². The Kier molecular flexibility index (Phi) is 5.89. The molecule has 0 saturated heterocycles. The fourth-order valence-corrected chi connectivity index (χ4v) is 4.12. The number of nitrogens with zero attached hydrogens (tertiary/aromatic N) is 1. The Labute approximate surface area is 160 Å². The van der Waals surface area contributed by atoms with Gasteiger partial charge in [-0.15, -0.1) is 22.7 Å². The Morgan fingerprint density at radius 1 is 1.08 bits per heavy atom. The maximum atomic E-state index is 6.21. The molecule has 2 nitrogen and oxygen atoms in total. The van der Waals surface area contributed by atoms with Crippen molar-refractivity contribution in [2.24, 2.45) is 0 Å². The predicted molar refractivity (Wildman–Crippen MR) is 110 cm³/mol. The Balaban J connectivity index is 1.75. The summed E-state index contributed by atoms with van der Waals surface area (Å²) in [5.41, 5.74) is 1.97. The van der Waals surface area contributed by atoms with Crippen LogP contribution in [0.4, 0.5) is 5.69 Å². The maximum absolute atomic E-state index is 6.21. The van der Waals surface area contributed by atoms with Crippen molar-refractivity contribution in [3.05, 3.63) is 73.6 Å². The highest BCUT2D eigenvalue weighted by Gasteiger charge is 2.13. The van der Waals surface area contributed by atoms with Gasteiger partial charge in [-0.25, -0.2) is 0 Å². The second kappa shape index (κ2) is 8.12. The number of hydrogen-bond donors (Lipinski definition) is 1. The zero-order valence-corrected chi connectivity index (χ0v) is 16.4. The van der Waals surface area contributed by atoms with Crippen LogP contribution in [0.15, 0.2) is 53.2 Å². The van der Waals surface area contributed by atoms with Gasteiger partial charge in [0.2, 0.25) is 0 Å². The standard InChI is InChI=1S/C18H17ClN2S3/c1-13-6-7-14(10-17(13)19)20-18(22)21(11-15-4-2-8-23-15)12-16-5-3-9-24-16/h2-10H,11-12H2,1H3,(H,20,22). The van der Waals surface area contributed by atoms with Crippen LogP contribution in [0.1, 0.15) is 15.3 Å². The molecule has 24 heavy (non-hydrogen) atoms. The van der Waals surface area contributed by atoms with Gasteiger partial charge in [0.1, 0.15) is 0 Å². The van der Waals surface area contributed by atoms with Crippen LogP contribution in [0, 0.1) is 6.92 Å². The van der Waals surface area contributed by atoms with Gasteiger partial charge in [-0.3, -0.25) is 0 Å². The number of nitrogens with one attached hydrogen (secondary N) is 1. The van der Waals surface area contributed by atoms with E-state index >= 15 is 0 Å². The lowest BCUT2D eigenvalue weighted by Gasteiger charge is -2.25. The second-order valence-corrected chi connectivity index (χ2v) is 8.27. The molecule has 0 aliphatic carbocycles. The largest absolute Gasteiger partial charge is 0.339 e. The molecule has 0 atom stereocenters. The van der Waals surface area contributed by atoms with Crippen LogP contribution in [0.2, 0.25) is 5.02 Å². The van der Waals surface area contributed by atoms with E-state index in [0.29, 0.717) is 5.11 Å². The van der Waals surface area contributed by atoms with E-state index in [2.05, 4.69) is 45.2 Å². The van der Waals surface area contributed by atoms with Gasteiger partial charge < -0.3 is 10.2 Å². The first-order chi connectivity index (χ1) is 11.6. The Bertz CT molecular complexity index is 762. The highest BCUT2D eigenvalue weighted by atomic mass is 35.5. The summed E-state index contributed by atoms with van der Waals surface area (Å²) in [5, 5.41) is 8.95. The molecular weight excluding hydrogens is 376 g/mol. The van der Waals surface area contributed by atoms with E-state index in [1.807, 2.05) is 25.1 Å². The maximum Gasteiger partial charge on any atom is 0.174 e. The van der Waals surface area contributed by atoms with Crippen molar-refractivity contribution in [1.29, 1.82) is 0 Å². The van der Waals surface area contributed by atoms with Crippen LogP contribution >= 0.6 is 46.5 Å². The fourth-order valence-electron chi connectivity index (χ4n) is 2.25. The number of anilines is 1. The number of rotatable bonds is 5. The molecule has 2 heterocycles. The van der Waals surface area contributed by atoms with Crippen molar-refractivity contribution in [3.63, 3.8) is 0 Å². The van der Waals surface area contributed by atoms with Gasteiger partial charge in [0.25, 0.3) is 0 Å². The van der Waals surface area contributed by atoms with Crippen molar-refractivity contribution in [2.75, 3.05) is 5.32 Å². The zero-order valence-electron chi connectivity index (χ0n) is 13.2. The summed E-state index contributed by atoms with van der Waals surface area (Å²) in [5.74, 6) is 0. The second-order valence-electron chi connectivity index (χ2n) is 5.41. The number of hydrogen-bond acceptors (Lipinski definition) is 3. The van der Waals surface area contributed by atoms with Crippen molar-refractivity contribution in [1.82, 2.24) is 4.90 Å². The van der Waals surface area contributed by atoms with E-state index in [4.69, 9.17) is 23.8 Å². The number of halogens is 1. The molecule has 3 rings (SSSR count). The van der Waals surface area contributed by atoms with E-state index in [0.717, 1.165) is 29.4 Å². The molecule has 1 aromatic carbocycles. The summed E-state index contributed by atoms with van der Waals surface area (Å²) in [6.07, 6.45) is 0. The predicted octanol–water partition coefficient (Wildman–Crippen LogP) is 6.17. The van der Waals surface area contributed by atoms with E-state index in [-0.39, 0.29) is 0 Å². The molecule has 0 saturated carbocycles. The first-order valence-electron chi connectivity index (χ1n) is 7.48. The third kappa shape index (κ3) is 4.57. The van der Waals surface area contributed by atoms with Gasteiger partial charge in [-0.05, 0) is 59.7 Å². The van der Waals surface area contributed by atoms with Gasteiger partial charge in [0.05, 0.1) is 13.1 Å². The Hall–Kier alpha value is -1.40.